The zero-order valence-corrected chi connectivity index (χ0v) is 7.35. The minimum atomic E-state index is -0.988. The van der Waals surface area contributed by atoms with Crippen LogP contribution >= 0.6 is 10.9 Å². The molecule has 1 rings (SSSR count). The number of nitrogens with one attached hydrogen (secondary N) is 2. The van der Waals surface area contributed by atoms with E-state index in [1.807, 2.05) is 18.6 Å². The van der Waals surface area contributed by atoms with Gasteiger partial charge in [-0.1, -0.05) is 0 Å². The second kappa shape index (κ2) is 2.65. The SMILES string of the molecule is C[SH]1C=CNC1(C)NC(=O)O. The fourth-order valence-electron chi connectivity index (χ4n) is 0.895. The molecule has 0 fully saturated rings. The first-order valence-corrected chi connectivity index (χ1v) is 5.09. The molecule has 0 radical (unpaired) electrons. The summed E-state index contributed by atoms with van der Waals surface area (Å²) in [5, 5.41) is 15.9. The van der Waals surface area contributed by atoms with E-state index in [0.29, 0.717) is 0 Å². The van der Waals surface area contributed by atoms with Gasteiger partial charge in [0, 0.05) is 6.20 Å². The molecule has 0 saturated carbocycles. The van der Waals surface area contributed by atoms with Crippen LogP contribution in [0.1, 0.15) is 6.92 Å². The van der Waals surface area contributed by atoms with Crippen LogP contribution in [0.3, 0.4) is 0 Å². The monoisotopic (exact) mass is 176 g/mol. The van der Waals surface area contributed by atoms with Crippen molar-refractivity contribution in [3.63, 3.8) is 0 Å². The Morgan fingerprint density at radius 2 is 2.45 bits per heavy atom. The van der Waals surface area contributed by atoms with Crippen LogP contribution in [0.2, 0.25) is 0 Å². The van der Waals surface area contributed by atoms with Crippen LogP contribution in [0.15, 0.2) is 11.6 Å². The molecule has 0 aromatic carbocycles. The summed E-state index contributed by atoms with van der Waals surface area (Å²) in [6.45, 7) is 1.84. The highest BCUT2D eigenvalue weighted by Gasteiger charge is 2.30. The zero-order valence-electron chi connectivity index (χ0n) is 6.46. The standard InChI is InChI=1S/C6H12N2O2S/c1-6(8-5(9)10)7-3-4-11(6)2/h3-4,7-8,11H,1-2H3,(H,9,10). The topological polar surface area (TPSA) is 61.4 Å². The molecule has 0 aromatic heterocycles. The van der Waals surface area contributed by atoms with Crippen molar-refractivity contribution in [1.82, 2.24) is 10.6 Å². The quantitative estimate of drug-likeness (QED) is 0.443. The van der Waals surface area contributed by atoms with Crippen LogP contribution in [-0.2, 0) is 0 Å². The molecule has 4 nitrogen and oxygen atoms in total. The zero-order chi connectivity index (χ0) is 8.48. The van der Waals surface area contributed by atoms with E-state index in [1.165, 1.54) is 0 Å². The van der Waals surface area contributed by atoms with Crippen LogP contribution in [-0.4, -0.2) is 22.5 Å². The van der Waals surface area contributed by atoms with Gasteiger partial charge in [-0.15, -0.1) is 0 Å². The van der Waals surface area contributed by atoms with Gasteiger partial charge in [0.15, 0.2) is 0 Å². The summed E-state index contributed by atoms with van der Waals surface area (Å²) >= 11 is 0. The highest BCUT2D eigenvalue weighted by Crippen LogP contribution is 2.38. The number of hydrogen-bond acceptors (Lipinski definition) is 2. The van der Waals surface area contributed by atoms with Crippen molar-refractivity contribution < 1.29 is 9.90 Å². The first kappa shape index (κ1) is 8.26. The van der Waals surface area contributed by atoms with Gasteiger partial charge in [-0.3, -0.25) is 5.32 Å². The fraction of sp³-hybridized carbons (Fsp3) is 0.500. The molecule has 64 valence electrons. The van der Waals surface area contributed by atoms with Gasteiger partial charge in [0.1, 0.15) is 4.99 Å². The summed E-state index contributed by atoms with van der Waals surface area (Å²) in [5.74, 6) is 0. The highest BCUT2D eigenvalue weighted by atomic mass is 32.2. The van der Waals surface area contributed by atoms with Crippen molar-refractivity contribution in [2.45, 2.75) is 11.9 Å². The Morgan fingerprint density at radius 1 is 1.82 bits per heavy atom. The summed E-state index contributed by atoms with van der Waals surface area (Å²) in [4.78, 5) is 9.87. The Morgan fingerprint density at radius 3 is 2.82 bits per heavy atom. The second-order valence-electron chi connectivity index (χ2n) is 2.57. The van der Waals surface area contributed by atoms with Crippen LogP contribution in [0.25, 0.3) is 0 Å². The maximum atomic E-state index is 10.3. The molecule has 1 amide bonds. The lowest BCUT2D eigenvalue weighted by atomic mass is 10.5. The molecular weight excluding hydrogens is 164 g/mol. The van der Waals surface area contributed by atoms with Gasteiger partial charge in [-0.2, -0.15) is 10.9 Å². The van der Waals surface area contributed by atoms with E-state index in [2.05, 4.69) is 10.6 Å². The van der Waals surface area contributed by atoms with Gasteiger partial charge in [0.25, 0.3) is 0 Å². The number of rotatable bonds is 1. The average Bonchev–Trinajstić information content (AvgIpc) is 2.11. The summed E-state index contributed by atoms with van der Waals surface area (Å²) in [6, 6.07) is 0. The van der Waals surface area contributed by atoms with Gasteiger partial charge in [-0.05, 0) is 18.6 Å². The van der Waals surface area contributed by atoms with E-state index < -0.39 is 22.0 Å². The molecular formula is C6H12N2O2S. The summed E-state index contributed by atoms with van der Waals surface area (Å²) in [6.07, 6.45) is 2.82. The predicted molar refractivity (Wildman–Crippen MR) is 46.8 cm³/mol. The lowest BCUT2D eigenvalue weighted by molar-refractivity contribution is 0.187. The Hall–Kier alpha value is -0.840. The molecule has 3 N–H and O–H groups in total. The minimum Gasteiger partial charge on any atom is -0.465 e. The number of thiol groups is 1. The number of carboxylic acid groups (broad SMARTS) is 1. The first-order valence-electron chi connectivity index (χ1n) is 3.23. The Labute approximate surface area is 68.0 Å². The maximum Gasteiger partial charge on any atom is 0.407 e. The Kier molecular flexibility index (Phi) is 1.99. The van der Waals surface area contributed by atoms with E-state index >= 15 is 0 Å². The van der Waals surface area contributed by atoms with E-state index in [-0.39, 0.29) is 0 Å². The van der Waals surface area contributed by atoms with Gasteiger partial charge < -0.3 is 10.4 Å². The molecule has 0 aromatic rings. The number of amides is 1. The molecule has 2 unspecified atom stereocenters. The van der Waals surface area contributed by atoms with Gasteiger partial charge in [-0.25, -0.2) is 4.79 Å². The van der Waals surface area contributed by atoms with E-state index in [1.54, 1.807) is 6.20 Å². The molecule has 0 aliphatic carbocycles. The summed E-state index contributed by atoms with van der Waals surface area (Å²) in [7, 11) is -0.427. The first-order chi connectivity index (χ1) is 5.04. The largest absolute Gasteiger partial charge is 0.465 e. The van der Waals surface area contributed by atoms with Crippen molar-refractivity contribution in [3.8, 4) is 0 Å². The van der Waals surface area contributed by atoms with Gasteiger partial charge >= 0.3 is 6.09 Å². The normalized spacial score (nSPS) is 38.2. The smallest absolute Gasteiger partial charge is 0.407 e. The lowest BCUT2D eigenvalue weighted by Gasteiger charge is -2.31. The molecule has 5 heteroatoms. The molecule has 0 spiro atoms. The van der Waals surface area contributed by atoms with Crippen molar-refractivity contribution in [1.29, 1.82) is 0 Å². The Bertz CT molecular complexity index is 207. The van der Waals surface area contributed by atoms with Gasteiger partial charge in [0.2, 0.25) is 0 Å². The van der Waals surface area contributed by atoms with Crippen molar-refractivity contribution in [3.05, 3.63) is 11.6 Å². The third-order valence-electron chi connectivity index (χ3n) is 1.72. The molecule has 1 heterocycles. The van der Waals surface area contributed by atoms with Crippen molar-refractivity contribution in [2.24, 2.45) is 0 Å². The highest BCUT2D eigenvalue weighted by molar-refractivity contribution is 8.20. The molecule has 1 aliphatic rings. The lowest BCUT2D eigenvalue weighted by Crippen LogP contribution is -2.51. The Balaban J connectivity index is 2.61. The summed E-state index contributed by atoms with van der Waals surface area (Å²) < 4.78 is 0. The van der Waals surface area contributed by atoms with E-state index in [0.717, 1.165) is 0 Å². The van der Waals surface area contributed by atoms with Crippen LogP contribution in [0, 0.1) is 0 Å². The van der Waals surface area contributed by atoms with Crippen molar-refractivity contribution in [2.75, 3.05) is 6.26 Å². The molecule has 11 heavy (non-hydrogen) atoms. The third-order valence-corrected chi connectivity index (χ3v) is 3.97. The fourth-order valence-corrected chi connectivity index (χ4v) is 2.04. The maximum absolute atomic E-state index is 10.3. The minimum absolute atomic E-state index is 0.427. The van der Waals surface area contributed by atoms with Crippen LogP contribution < -0.4 is 10.6 Å². The predicted octanol–water partition coefficient (Wildman–Crippen LogP) is 0.633. The average molecular weight is 176 g/mol. The third kappa shape index (κ3) is 1.59. The van der Waals surface area contributed by atoms with Crippen LogP contribution in [0.5, 0.6) is 0 Å². The van der Waals surface area contributed by atoms with Gasteiger partial charge in [0.05, 0.1) is 0 Å². The molecule has 0 saturated heterocycles. The second-order valence-corrected chi connectivity index (χ2v) is 4.99. The molecule has 0 bridgehead atoms. The van der Waals surface area contributed by atoms with Crippen LogP contribution in [0.4, 0.5) is 4.79 Å². The summed E-state index contributed by atoms with van der Waals surface area (Å²) in [5.41, 5.74) is 0. The van der Waals surface area contributed by atoms with E-state index in [9.17, 15) is 4.79 Å². The molecule has 1 aliphatic heterocycles. The van der Waals surface area contributed by atoms with Crippen molar-refractivity contribution >= 4 is 17.0 Å². The number of hydrogen-bond donors (Lipinski definition) is 4. The molecule has 2 atom stereocenters. The van der Waals surface area contributed by atoms with E-state index in [4.69, 9.17) is 5.11 Å². The number of carbonyl (C=O) groups is 1.